The molecule has 6 heteroatoms. The van der Waals surface area contributed by atoms with Gasteiger partial charge >= 0.3 is 0 Å². The highest BCUT2D eigenvalue weighted by molar-refractivity contribution is 7.89. The van der Waals surface area contributed by atoms with E-state index < -0.39 is 10.0 Å². The molecule has 0 saturated carbocycles. The summed E-state index contributed by atoms with van der Waals surface area (Å²) in [6.07, 6.45) is 3.27. The predicted molar refractivity (Wildman–Crippen MR) is 75.3 cm³/mol. The zero-order valence-corrected chi connectivity index (χ0v) is 11.9. The lowest BCUT2D eigenvalue weighted by atomic mass is 10.2. The molecule has 0 aliphatic rings. The number of sulfonamides is 1. The number of hydrogen-bond donors (Lipinski definition) is 1. The van der Waals surface area contributed by atoms with Crippen LogP contribution < -0.4 is 0 Å². The Kier molecular flexibility index (Phi) is 4.49. The summed E-state index contributed by atoms with van der Waals surface area (Å²) < 4.78 is 26.3. The zero-order chi connectivity index (χ0) is 14.6. The predicted octanol–water partition coefficient (Wildman–Crippen LogP) is 1.39. The van der Waals surface area contributed by atoms with Gasteiger partial charge in [0.2, 0.25) is 10.0 Å². The average Bonchev–Trinajstić information content (AvgIpc) is 2.48. The van der Waals surface area contributed by atoms with Crippen molar-refractivity contribution < 1.29 is 13.5 Å². The van der Waals surface area contributed by atoms with Gasteiger partial charge in [-0.15, -0.1) is 0 Å². The first-order chi connectivity index (χ1) is 9.55. The van der Waals surface area contributed by atoms with Gasteiger partial charge in [0.05, 0.1) is 11.5 Å². The van der Waals surface area contributed by atoms with Crippen LogP contribution in [0.2, 0.25) is 0 Å². The fourth-order valence-corrected chi connectivity index (χ4v) is 3.26. The Morgan fingerprint density at radius 2 is 1.95 bits per heavy atom. The lowest BCUT2D eigenvalue weighted by molar-refractivity contribution is 0.278. The molecule has 0 amide bonds. The van der Waals surface area contributed by atoms with Crippen molar-refractivity contribution in [3.05, 3.63) is 59.9 Å². The highest BCUT2D eigenvalue weighted by Crippen LogP contribution is 2.20. The monoisotopic (exact) mass is 292 g/mol. The second-order valence-corrected chi connectivity index (χ2v) is 6.40. The van der Waals surface area contributed by atoms with Gasteiger partial charge in [0.15, 0.2) is 0 Å². The lowest BCUT2D eigenvalue weighted by Gasteiger charge is -2.18. The van der Waals surface area contributed by atoms with E-state index in [4.69, 9.17) is 0 Å². The van der Waals surface area contributed by atoms with E-state index in [1.54, 1.807) is 36.7 Å². The molecule has 1 N–H and O–H groups in total. The zero-order valence-electron chi connectivity index (χ0n) is 11.1. The number of hydrogen-bond acceptors (Lipinski definition) is 4. The van der Waals surface area contributed by atoms with Gasteiger partial charge in [0.1, 0.15) is 0 Å². The molecule has 5 nitrogen and oxygen atoms in total. The van der Waals surface area contributed by atoms with Crippen molar-refractivity contribution in [2.75, 3.05) is 7.05 Å². The fraction of sp³-hybridized carbons (Fsp3) is 0.214. The van der Waals surface area contributed by atoms with Gasteiger partial charge < -0.3 is 5.11 Å². The topological polar surface area (TPSA) is 70.5 Å². The molecular weight excluding hydrogens is 276 g/mol. The van der Waals surface area contributed by atoms with Crippen LogP contribution in [0.4, 0.5) is 0 Å². The second kappa shape index (κ2) is 6.13. The molecule has 0 bridgehead atoms. The maximum absolute atomic E-state index is 12.5. The Balaban J connectivity index is 2.30. The Bertz CT molecular complexity index is 672. The second-order valence-electron chi connectivity index (χ2n) is 4.39. The highest BCUT2D eigenvalue weighted by Gasteiger charge is 2.23. The van der Waals surface area contributed by atoms with Crippen LogP contribution >= 0.6 is 0 Å². The maximum atomic E-state index is 12.5. The molecule has 0 unspecified atom stereocenters. The Hall–Kier alpha value is -1.76. The van der Waals surface area contributed by atoms with Gasteiger partial charge in [0.25, 0.3) is 0 Å². The minimum absolute atomic E-state index is 0.133. The van der Waals surface area contributed by atoms with Crippen molar-refractivity contribution in [1.29, 1.82) is 0 Å². The molecule has 1 heterocycles. The van der Waals surface area contributed by atoms with Crippen molar-refractivity contribution >= 4 is 10.0 Å². The van der Waals surface area contributed by atoms with Crippen molar-refractivity contribution in [2.45, 2.75) is 18.0 Å². The number of pyridine rings is 1. The van der Waals surface area contributed by atoms with Crippen LogP contribution in [-0.2, 0) is 23.2 Å². The molecule has 2 aromatic rings. The van der Waals surface area contributed by atoms with Crippen LogP contribution in [0.15, 0.2) is 53.7 Å². The highest BCUT2D eigenvalue weighted by atomic mass is 32.2. The fourth-order valence-electron chi connectivity index (χ4n) is 1.89. The van der Waals surface area contributed by atoms with Crippen LogP contribution in [0.3, 0.4) is 0 Å². The molecule has 0 spiro atoms. The molecule has 0 radical (unpaired) electrons. The van der Waals surface area contributed by atoms with E-state index in [1.807, 2.05) is 6.07 Å². The lowest BCUT2D eigenvalue weighted by Crippen LogP contribution is -2.27. The summed E-state index contributed by atoms with van der Waals surface area (Å²) in [5.41, 5.74) is 1.20. The molecule has 1 aromatic heterocycles. The minimum atomic E-state index is -3.63. The Morgan fingerprint density at radius 1 is 1.20 bits per heavy atom. The van der Waals surface area contributed by atoms with Gasteiger partial charge in [-0.05, 0) is 23.3 Å². The van der Waals surface area contributed by atoms with Gasteiger partial charge in [-0.25, -0.2) is 8.42 Å². The third-order valence-electron chi connectivity index (χ3n) is 2.96. The normalized spacial score (nSPS) is 11.8. The summed E-state index contributed by atoms with van der Waals surface area (Å²) in [6, 6.07) is 10.0. The van der Waals surface area contributed by atoms with Crippen molar-refractivity contribution in [3.8, 4) is 0 Å². The third kappa shape index (κ3) is 3.04. The van der Waals surface area contributed by atoms with E-state index in [0.29, 0.717) is 5.56 Å². The maximum Gasteiger partial charge on any atom is 0.243 e. The van der Waals surface area contributed by atoms with Gasteiger partial charge in [-0.2, -0.15) is 4.31 Å². The standard InChI is InChI=1S/C14H16N2O3S/c1-16(10-12-5-4-8-15-9-12)20(18,19)14-7-3-2-6-13(14)11-17/h2-9,17H,10-11H2,1H3. The molecule has 20 heavy (non-hydrogen) atoms. The number of benzene rings is 1. The number of rotatable bonds is 5. The van der Waals surface area contributed by atoms with Gasteiger partial charge in [0, 0.05) is 26.0 Å². The molecule has 0 saturated heterocycles. The van der Waals surface area contributed by atoms with Crippen LogP contribution in [0.5, 0.6) is 0 Å². The minimum Gasteiger partial charge on any atom is -0.392 e. The Morgan fingerprint density at radius 3 is 2.60 bits per heavy atom. The largest absolute Gasteiger partial charge is 0.392 e. The van der Waals surface area contributed by atoms with E-state index in [0.717, 1.165) is 5.56 Å². The first kappa shape index (κ1) is 14.6. The van der Waals surface area contributed by atoms with Gasteiger partial charge in [-0.3, -0.25) is 4.98 Å². The smallest absolute Gasteiger partial charge is 0.243 e. The van der Waals surface area contributed by atoms with Gasteiger partial charge in [-0.1, -0.05) is 24.3 Å². The van der Waals surface area contributed by atoms with Crippen molar-refractivity contribution in [1.82, 2.24) is 9.29 Å². The molecular formula is C14H16N2O3S. The molecule has 1 aromatic carbocycles. The van der Waals surface area contributed by atoms with Crippen LogP contribution in [0, 0.1) is 0 Å². The number of aliphatic hydroxyl groups excluding tert-OH is 1. The van der Waals surface area contributed by atoms with E-state index in [9.17, 15) is 13.5 Å². The molecule has 0 aliphatic carbocycles. The van der Waals surface area contributed by atoms with Crippen molar-refractivity contribution in [2.24, 2.45) is 0 Å². The molecule has 0 aliphatic heterocycles. The summed E-state index contributed by atoms with van der Waals surface area (Å²) in [4.78, 5) is 4.10. The van der Waals surface area contributed by atoms with Crippen LogP contribution in [-0.4, -0.2) is 29.9 Å². The quantitative estimate of drug-likeness (QED) is 0.904. The SMILES string of the molecule is CN(Cc1cccnc1)S(=O)(=O)c1ccccc1CO. The van der Waals surface area contributed by atoms with Crippen molar-refractivity contribution in [3.63, 3.8) is 0 Å². The first-order valence-electron chi connectivity index (χ1n) is 6.09. The number of aliphatic hydroxyl groups is 1. The van der Waals surface area contributed by atoms with E-state index >= 15 is 0 Å². The molecule has 0 fully saturated rings. The summed E-state index contributed by atoms with van der Waals surface area (Å²) in [5.74, 6) is 0. The molecule has 2 rings (SSSR count). The van der Waals surface area contributed by atoms with Crippen LogP contribution in [0.25, 0.3) is 0 Å². The number of nitrogens with zero attached hydrogens (tertiary/aromatic N) is 2. The van der Waals surface area contributed by atoms with E-state index in [-0.39, 0.29) is 18.0 Å². The summed E-state index contributed by atoms with van der Waals surface area (Å²) >= 11 is 0. The average molecular weight is 292 g/mol. The van der Waals surface area contributed by atoms with E-state index in [1.165, 1.54) is 17.4 Å². The van der Waals surface area contributed by atoms with Crippen LogP contribution in [0.1, 0.15) is 11.1 Å². The third-order valence-corrected chi connectivity index (χ3v) is 4.86. The summed E-state index contributed by atoms with van der Waals surface area (Å²) in [7, 11) is -2.12. The Labute approximate surface area is 118 Å². The first-order valence-corrected chi connectivity index (χ1v) is 7.53. The molecule has 106 valence electrons. The summed E-state index contributed by atoms with van der Waals surface area (Å²) in [5, 5.41) is 9.26. The molecule has 0 atom stereocenters. The van der Waals surface area contributed by atoms with E-state index in [2.05, 4.69) is 4.98 Å². The number of aromatic nitrogens is 1. The summed E-state index contributed by atoms with van der Waals surface area (Å²) in [6.45, 7) is -0.0773.